The van der Waals surface area contributed by atoms with Crippen molar-refractivity contribution in [3.8, 4) is 11.1 Å². The maximum absolute atomic E-state index is 12.5. The van der Waals surface area contributed by atoms with E-state index >= 15 is 0 Å². The molecule has 184 valence electrons. The molecule has 0 atom stereocenters. The van der Waals surface area contributed by atoms with Crippen molar-refractivity contribution in [3.63, 3.8) is 0 Å². The predicted octanol–water partition coefficient (Wildman–Crippen LogP) is 3.48. The molecule has 0 bridgehead atoms. The second kappa shape index (κ2) is 13.7. The van der Waals surface area contributed by atoms with Crippen LogP contribution in [0.4, 0.5) is 4.79 Å². The van der Waals surface area contributed by atoms with Crippen molar-refractivity contribution < 1.29 is 33.3 Å². The number of fused-ring (bicyclic) bond motifs is 3. The lowest BCUT2D eigenvalue weighted by Gasteiger charge is -2.19. The van der Waals surface area contributed by atoms with E-state index in [0.717, 1.165) is 0 Å². The number of carbonyl (C=O) groups excluding carboxylic acids is 2. The van der Waals surface area contributed by atoms with Crippen molar-refractivity contribution >= 4 is 12.1 Å². The number of carbonyl (C=O) groups is 2. The van der Waals surface area contributed by atoms with Gasteiger partial charge in [0.25, 0.3) is 0 Å². The molecule has 0 heterocycles. The summed E-state index contributed by atoms with van der Waals surface area (Å²) >= 11 is 0. The number of hydrogen-bond acceptors (Lipinski definition) is 7. The zero-order chi connectivity index (χ0) is 24.2. The van der Waals surface area contributed by atoms with E-state index in [4.69, 9.17) is 23.7 Å². The van der Waals surface area contributed by atoms with Gasteiger partial charge in [-0.25, -0.2) is 4.79 Å². The van der Waals surface area contributed by atoms with Crippen LogP contribution in [0, 0.1) is 0 Å². The lowest BCUT2D eigenvalue weighted by Crippen LogP contribution is -2.32. The summed E-state index contributed by atoms with van der Waals surface area (Å²) < 4.78 is 26.6. The number of benzene rings is 2. The number of esters is 1. The van der Waals surface area contributed by atoms with Crippen LogP contribution in [-0.4, -0.2) is 83.4 Å². The van der Waals surface area contributed by atoms with Crippen molar-refractivity contribution in [1.29, 1.82) is 0 Å². The quantitative estimate of drug-likeness (QED) is 0.308. The van der Waals surface area contributed by atoms with Crippen molar-refractivity contribution in [2.24, 2.45) is 0 Å². The Hall–Kier alpha value is -2.94. The first-order chi connectivity index (χ1) is 16.6. The first kappa shape index (κ1) is 25.7. The number of ether oxygens (including phenoxy) is 5. The molecule has 0 aliphatic heterocycles. The summed E-state index contributed by atoms with van der Waals surface area (Å²) in [5.74, 6) is -0.273. The van der Waals surface area contributed by atoms with E-state index in [1.807, 2.05) is 24.3 Å². The molecule has 8 heteroatoms. The van der Waals surface area contributed by atoms with Crippen LogP contribution in [0.5, 0.6) is 0 Å². The highest BCUT2D eigenvalue weighted by Crippen LogP contribution is 2.44. The van der Waals surface area contributed by atoms with Gasteiger partial charge in [-0.3, -0.25) is 4.79 Å². The summed E-state index contributed by atoms with van der Waals surface area (Å²) in [6.07, 6.45) is -0.368. The van der Waals surface area contributed by atoms with Gasteiger partial charge in [0.2, 0.25) is 0 Å². The molecule has 0 radical (unpaired) electrons. The van der Waals surface area contributed by atoms with E-state index < -0.39 is 0 Å². The van der Waals surface area contributed by atoms with Crippen molar-refractivity contribution in [1.82, 2.24) is 4.90 Å². The Labute approximate surface area is 200 Å². The van der Waals surface area contributed by atoms with Crippen LogP contribution < -0.4 is 0 Å². The van der Waals surface area contributed by atoms with Crippen LogP contribution >= 0.6 is 0 Å². The van der Waals surface area contributed by atoms with Crippen LogP contribution in [0.15, 0.2) is 48.5 Å². The van der Waals surface area contributed by atoms with E-state index in [-0.39, 0.29) is 24.6 Å². The summed E-state index contributed by atoms with van der Waals surface area (Å²) in [5, 5.41) is 0. The Morgan fingerprint density at radius 3 is 1.79 bits per heavy atom. The monoisotopic (exact) mass is 471 g/mol. The minimum absolute atomic E-state index is 0.0452. The normalized spacial score (nSPS) is 12.2. The van der Waals surface area contributed by atoms with Crippen molar-refractivity contribution in [2.45, 2.75) is 12.8 Å². The molecule has 1 aliphatic rings. The number of nitrogens with zero attached hydrogens (tertiary/aromatic N) is 1. The van der Waals surface area contributed by atoms with Gasteiger partial charge < -0.3 is 28.6 Å². The predicted molar refractivity (Wildman–Crippen MR) is 127 cm³/mol. The molecule has 1 amide bonds. The lowest BCUT2D eigenvalue weighted by atomic mass is 9.98. The molecular weight excluding hydrogens is 438 g/mol. The summed E-state index contributed by atoms with van der Waals surface area (Å²) in [5.41, 5.74) is 4.79. The fraction of sp³-hybridized carbons (Fsp3) is 0.462. The molecule has 8 nitrogen and oxygen atoms in total. The molecule has 0 fully saturated rings. The van der Waals surface area contributed by atoms with Gasteiger partial charge in [0.05, 0.1) is 39.6 Å². The van der Waals surface area contributed by atoms with Gasteiger partial charge in [0.15, 0.2) is 0 Å². The summed E-state index contributed by atoms with van der Waals surface area (Å²) in [6.45, 7) is 4.78. The standard InChI is InChI=1S/C26H33NO7/c1-20(28)33-18-17-32-16-15-31-14-13-30-12-11-27(2)26(29)34-19-25-23-9-5-3-7-21(23)22-8-4-6-10-24(22)25/h3-10,25H,11-19H2,1-2H3. The number of hydrogen-bond donors (Lipinski definition) is 0. The Morgan fingerprint density at radius 1 is 0.735 bits per heavy atom. The highest BCUT2D eigenvalue weighted by Gasteiger charge is 2.29. The fourth-order valence-electron chi connectivity index (χ4n) is 3.78. The Kier molecular flexibility index (Phi) is 10.3. The summed E-state index contributed by atoms with van der Waals surface area (Å²) in [4.78, 5) is 24.6. The molecule has 0 unspecified atom stereocenters. The molecule has 3 rings (SSSR count). The highest BCUT2D eigenvalue weighted by molar-refractivity contribution is 5.79. The highest BCUT2D eigenvalue weighted by atomic mass is 16.6. The van der Waals surface area contributed by atoms with Gasteiger partial charge in [-0.05, 0) is 22.3 Å². The fourth-order valence-corrected chi connectivity index (χ4v) is 3.78. The molecule has 0 spiro atoms. The maximum Gasteiger partial charge on any atom is 0.409 e. The zero-order valence-corrected chi connectivity index (χ0v) is 19.9. The summed E-state index contributed by atoms with van der Waals surface area (Å²) in [7, 11) is 1.70. The maximum atomic E-state index is 12.5. The second-order valence-corrected chi connectivity index (χ2v) is 7.90. The van der Waals surface area contributed by atoms with Crippen LogP contribution in [-0.2, 0) is 28.5 Å². The van der Waals surface area contributed by atoms with Gasteiger partial charge in [-0.2, -0.15) is 0 Å². The smallest absolute Gasteiger partial charge is 0.409 e. The summed E-state index contributed by atoms with van der Waals surface area (Å²) in [6, 6.07) is 16.5. The van der Waals surface area contributed by atoms with E-state index in [9.17, 15) is 9.59 Å². The molecular formula is C26H33NO7. The molecule has 0 N–H and O–H groups in total. The van der Waals surface area contributed by atoms with E-state index in [1.54, 1.807) is 7.05 Å². The Balaban J connectivity index is 1.26. The largest absolute Gasteiger partial charge is 0.463 e. The number of rotatable bonds is 14. The second-order valence-electron chi connectivity index (χ2n) is 7.90. The first-order valence-corrected chi connectivity index (χ1v) is 11.5. The van der Waals surface area contributed by atoms with Gasteiger partial charge in [0, 0.05) is 26.4 Å². The zero-order valence-electron chi connectivity index (χ0n) is 19.9. The van der Waals surface area contributed by atoms with Crippen LogP contribution in [0.1, 0.15) is 24.0 Å². The number of likely N-dealkylation sites (N-methyl/N-ethyl adjacent to an activating group) is 1. The average Bonchev–Trinajstić information content (AvgIpc) is 3.16. The van der Waals surface area contributed by atoms with Crippen LogP contribution in [0.25, 0.3) is 11.1 Å². The van der Waals surface area contributed by atoms with E-state index in [0.29, 0.717) is 52.8 Å². The topological polar surface area (TPSA) is 83.5 Å². The Bertz CT molecular complexity index is 887. The van der Waals surface area contributed by atoms with Crippen molar-refractivity contribution in [2.75, 3.05) is 66.4 Å². The number of amides is 1. The van der Waals surface area contributed by atoms with E-state index in [2.05, 4.69) is 24.3 Å². The molecule has 0 aromatic heterocycles. The SMILES string of the molecule is CC(=O)OCCOCCOCCOCCN(C)C(=O)OCC1c2ccccc2-c2ccccc21. The van der Waals surface area contributed by atoms with Gasteiger partial charge in [0.1, 0.15) is 13.2 Å². The molecule has 0 saturated carbocycles. The van der Waals surface area contributed by atoms with Gasteiger partial charge in [-0.15, -0.1) is 0 Å². The van der Waals surface area contributed by atoms with Crippen LogP contribution in [0.3, 0.4) is 0 Å². The van der Waals surface area contributed by atoms with Gasteiger partial charge in [-0.1, -0.05) is 48.5 Å². The third kappa shape index (κ3) is 7.55. The first-order valence-electron chi connectivity index (χ1n) is 11.5. The average molecular weight is 472 g/mol. The molecule has 2 aromatic carbocycles. The van der Waals surface area contributed by atoms with Gasteiger partial charge >= 0.3 is 12.1 Å². The molecule has 1 aliphatic carbocycles. The molecule has 34 heavy (non-hydrogen) atoms. The third-order valence-corrected chi connectivity index (χ3v) is 5.50. The molecule has 2 aromatic rings. The minimum atomic E-state index is -0.368. The van der Waals surface area contributed by atoms with E-state index in [1.165, 1.54) is 34.1 Å². The molecule has 0 saturated heterocycles. The minimum Gasteiger partial charge on any atom is -0.463 e. The lowest BCUT2D eigenvalue weighted by molar-refractivity contribution is -0.142. The van der Waals surface area contributed by atoms with Crippen LogP contribution in [0.2, 0.25) is 0 Å². The Morgan fingerprint density at radius 2 is 1.24 bits per heavy atom. The third-order valence-electron chi connectivity index (χ3n) is 5.50. The van der Waals surface area contributed by atoms with Crippen molar-refractivity contribution in [3.05, 3.63) is 59.7 Å².